The second-order valence-corrected chi connectivity index (χ2v) is 5.97. The molecular weight excluding hydrogens is 280 g/mol. The van der Waals surface area contributed by atoms with Gasteiger partial charge in [-0.05, 0) is 30.5 Å². The summed E-state index contributed by atoms with van der Waals surface area (Å²) in [6, 6.07) is 10.4. The van der Waals surface area contributed by atoms with Gasteiger partial charge < -0.3 is 11.1 Å². The van der Waals surface area contributed by atoms with Gasteiger partial charge in [0.25, 0.3) is 0 Å². The number of nitrogens with two attached hydrogens (primary N) is 1. The van der Waals surface area contributed by atoms with Crippen LogP contribution in [-0.2, 0) is 12.8 Å². The van der Waals surface area contributed by atoms with Crippen LogP contribution in [0.2, 0.25) is 0 Å². The van der Waals surface area contributed by atoms with Crippen LogP contribution in [0.15, 0.2) is 30.3 Å². The Morgan fingerprint density at radius 1 is 1.14 bits per heavy atom. The van der Waals surface area contributed by atoms with E-state index in [0.717, 1.165) is 34.6 Å². The number of fused-ring (bicyclic) bond motifs is 1. The van der Waals surface area contributed by atoms with E-state index >= 15 is 0 Å². The average molecular weight is 298 g/mol. The standard InChI is InChI=1S/C16H18N4S/c1-3-10-7-5-6-8-13(10)18-14-12-9-11(4-2)21-15(12)20-16(17)19-14/h5-9H,3-4H2,1-2H3,(H3,17,18,19,20). The van der Waals surface area contributed by atoms with Crippen LogP contribution < -0.4 is 11.1 Å². The van der Waals surface area contributed by atoms with Crippen molar-refractivity contribution in [3.8, 4) is 0 Å². The Balaban J connectivity index is 2.09. The SMILES string of the molecule is CCc1cc2c(Nc3ccccc3CC)nc(N)nc2s1. The van der Waals surface area contributed by atoms with Crippen LogP contribution in [0.1, 0.15) is 24.3 Å². The molecule has 3 N–H and O–H groups in total. The number of nitrogen functional groups attached to an aromatic ring is 1. The van der Waals surface area contributed by atoms with E-state index in [-0.39, 0.29) is 0 Å². The monoisotopic (exact) mass is 298 g/mol. The van der Waals surface area contributed by atoms with Crippen LogP contribution in [0.4, 0.5) is 17.5 Å². The van der Waals surface area contributed by atoms with Gasteiger partial charge in [-0.2, -0.15) is 4.98 Å². The van der Waals surface area contributed by atoms with Crippen molar-refractivity contribution in [3.63, 3.8) is 0 Å². The number of hydrogen-bond donors (Lipinski definition) is 2. The topological polar surface area (TPSA) is 63.8 Å². The quantitative estimate of drug-likeness (QED) is 0.759. The highest BCUT2D eigenvalue weighted by molar-refractivity contribution is 7.18. The molecule has 108 valence electrons. The Bertz CT molecular complexity index is 779. The molecule has 0 amide bonds. The molecule has 0 aliphatic heterocycles. The summed E-state index contributed by atoms with van der Waals surface area (Å²) >= 11 is 1.68. The van der Waals surface area contributed by atoms with Crippen molar-refractivity contribution < 1.29 is 0 Å². The molecule has 0 aliphatic carbocycles. The third-order valence-electron chi connectivity index (χ3n) is 3.46. The number of aryl methyl sites for hydroxylation is 2. The molecule has 1 aromatic carbocycles. The normalized spacial score (nSPS) is 11.0. The van der Waals surface area contributed by atoms with Gasteiger partial charge in [0, 0.05) is 10.6 Å². The van der Waals surface area contributed by atoms with Gasteiger partial charge in [0.05, 0.1) is 5.39 Å². The Morgan fingerprint density at radius 3 is 2.71 bits per heavy atom. The van der Waals surface area contributed by atoms with Gasteiger partial charge in [0.1, 0.15) is 10.6 Å². The number of anilines is 3. The van der Waals surface area contributed by atoms with Crippen molar-refractivity contribution in [1.82, 2.24) is 9.97 Å². The Labute approximate surface area is 128 Å². The number of thiophene rings is 1. The smallest absolute Gasteiger partial charge is 0.223 e. The van der Waals surface area contributed by atoms with Crippen LogP contribution in [0.3, 0.4) is 0 Å². The molecule has 5 heteroatoms. The molecule has 4 nitrogen and oxygen atoms in total. The number of rotatable bonds is 4. The van der Waals surface area contributed by atoms with Gasteiger partial charge in [0.15, 0.2) is 0 Å². The van der Waals surface area contributed by atoms with E-state index in [1.165, 1.54) is 10.4 Å². The van der Waals surface area contributed by atoms with Crippen molar-refractivity contribution in [2.45, 2.75) is 26.7 Å². The average Bonchev–Trinajstić information content (AvgIpc) is 2.91. The second-order valence-electron chi connectivity index (χ2n) is 4.85. The molecule has 0 fully saturated rings. The number of nitrogens with one attached hydrogen (secondary N) is 1. The lowest BCUT2D eigenvalue weighted by atomic mass is 10.1. The molecule has 0 aliphatic rings. The molecule has 2 aromatic heterocycles. The molecule has 21 heavy (non-hydrogen) atoms. The van der Waals surface area contributed by atoms with E-state index in [4.69, 9.17) is 5.73 Å². The minimum absolute atomic E-state index is 0.309. The first-order valence-corrected chi connectivity index (χ1v) is 7.93. The van der Waals surface area contributed by atoms with Crippen LogP contribution in [0, 0.1) is 0 Å². The summed E-state index contributed by atoms with van der Waals surface area (Å²) in [6.45, 7) is 4.28. The largest absolute Gasteiger partial charge is 0.368 e. The van der Waals surface area contributed by atoms with Gasteiger partial charge in [-0.15, -0.1) is 11.3 Å². The Morgan fingerprint density at radius 2 is 1.95 bits per heavy atom. The van der Waals surface area contributed by atoms with Gasteiger partial charge in [-0.3, -0.25) is 0 Å². The zero-order chi connectivity index (χ0) is 14.8. The number of nitrogens with zero attached hydrogens (tertiary/aromatic N) is 2. The van der Waals surface area contributed by atoms with Gasteiger partial charge in [-0.1, -0.05) is 32.0 Å². The summed E-state index contributed by atoms with van der Waals surface area (Å²) in [5, 5.41) is 4.46. The summed E-state index contributed by atoms with van der Waals surface area (Å²) in [5.74, 6) is 1.10. The summed E-state index contributed by atoms with van der Waals surface area (Å²) < 4.78 is 0. The minimum atomic E-state index is 0.309. The lowest BCUT2D eigenvalue weighted by molar-refractivity contribution is 1.14. The maximum atomic E-state index is 5.84. The van der Waals surface area contributed by atoms with Crippen molar-refractivity contribution in [2.75, 3.05) is 11.1 Å². The van der Waals surface area contributed by atoms with Crippen LogP contribution in [0.25, 0.3) is 10.2 Å². The molecule has 0 spiro atoms. The highest BCUT2D eigenvalue weighted by Gasteiger charge is 2.11. The second kappa shape index (κ2) is 5.69. The van der Waals surface area contributed by atoms with E-state index in [1.807, 2.05) is 12.1 Å². The lowest BCUT2D eigenvalue weighted by Gasteiger charge is -2.11. The molecule has 0 saturated heterocycles. The highest BCUT2D eigenvalue weighted by Crippen LogP contribution is 2.32. The van der Waals surface area contributed by atoms with Crippen molar-refractivity contribution in [1.29, 1.82) is 0 Å². The van der Waals surface area contributed by atoms with E-state index in [0.29, 0.717) is 5.95 Å². The number of hydrogen-bond acceptors (Lipinski definition) is 5. The fraction of sp³-hybridized carbons (Fsp3) is 0.250. The van der Waals surface area contributed by atoms with Gasteiger partial charge >= 0.3 is 0 Å². The molecule has 0 atom stereocenters. The van der Waals surface area contributed by atoms with E-state index in [9.17, 15) is 0 Å². The first-order valence-electron chi connectivity index (χ1n) is 7.12. The number of benzene rings is 1. The lowest BCUT2D eigenvalue weighted by Crippen LogP contribution is -2.01. The first-order chi connectivity index (χ1) is 10.2. The van der Waals surface area contributed by atoms with Crippen molar-refractivity contribution >= 4 is 39.0 Å². The molecular formula is C16H18N4S. The third kappa shape index (κ3) is 2.69. The molecule has 0 saturated carbocycles. The molecule has 3 aromatic rings. The number of aromatic nitrogens is 2. The third-order valence-corrected chi connectivity index (χ3v) is 4.63. The fourth-order valence-electron chi connectivity index (χ4n) is 2.34. The summed E-state index contributed by atoms with van der Waals surface area (Å²) in [6.07, 6.45) is 1.96. The fourth-order valence-corrected chi connectivity index (χ4v) is 3.31. The maximum absolute atomic E-state index is 5.84. The predicted octanol–water partition coefficient (Wildman–Crippen LogP) is 4.14. The van der Waals surface area contributed by atoms with Gasteiger partial charge in [-0.25, -0.2) is 4.98 Å². The van der Waals surface area contributed by atoms with Crippen molar-refractivity contribution in [3.05, 3.63) is 40.8 Å². The zero-order valence-electron chi connectivity index (χ0n) is 12.2. The predicted molar refractivity (Wildman–Crippen MR) is 90.3 cm³/mol. The molecule has 0 bridgehead atoms. The Kier molecular flexibility index (Phi) is 3.75. The molecule has 3 rings (SSSR count). The maximum Gasteiger partial charge on any atom is 0.223 e. The summed E-state index contributed by atoms with van der Waals surface area (Å²) in [5.41, 5.74) is 8.18. The molecule has 0 radical (unpaired) electrons. The Hall–Kier alpha value is -2.14. The van der Waals surface area contributed by atoms with Crippen LogP contribution in [0.5, 0.6) is 0 Å². The highest BCUT2D eigenvalue weighted by atomic mass is 32.1. The summed E-state index contributed by atoms with van der Waals surface area (Å²) in [7, 11) is 0. The molecule has 2 heterocycles. The zero-order valence-corrected chi connectivity index (χ0v) is 13.0. The van der Waals surface area contributed by atoms with E-state index < -0.39 is 0 Å². The van der Waals surface area contributed by atoms with Crippen molar-refractivity contribution in [2.24, 2.45) is 0 Å². The summed E-state index contributed by atoms with van der Waals surface area (Å²) in [4.78, 5) is 10.9. The van der Waals surface area contributed by atoms with Crippen LogP contribution >= 0.6 is 11.3 Å². The van der Waals surface area contributed by atoms with E-state index in [2.05, 4.69) is 47.3 Å². The molecule has 0 unspecified atom stereocenters. The number of para-hydroxylation sites is 1. The van der Waals surface area contributed by atoms with E-state index in [1.54, 1.807) is 11.3 Å². The van der Waals surface area contributed by atoms with Crippen LogP contribution in [-0.4, -0.2) is 9.97 Å². The minimum Gasteiger partial charge on any atom is -0.368 e. The first kappa shape index (κ1) is 13.8. The van der Waals surface area contributed by atoms with Gasteiger partial charge in [0.2, 0.25) is 5.95 Å².